The van der Waals surface area contributed by atoms with Crippen molar-refractivity contribution >= 4 is 11.6 Å². The number of alkyl halides is 1. The molecule has 72 valence electrons. The number of hydrogen-bond acceptors (Lipinski definition) is 2. The van der Waals surface area contributed by atoms with E-state index in [0.717, 1.165) is 17.3 Å². The molecule has 1 aromatic heterocycles. The van der Waals surface area contributed by atoms with Crippen molar-refractivity contribution in [1.82, 2.24) is 4.98 Å². The molecule has 2 nitrogen and oxygen atoms in total. The van der Waals surface area contributed by atoms with Gasteiger partial charge in [-0.2, -0.15) is 0 Å². The molecule has 0 N–H and O–H groups in total. The van der Waals surface area contributed by atoms with Crippen LogP contribution in [0.15, 0.2) is 4.42 Å². The van der Waals surface area contributed by atoms with E-state index in [-0.39, 0.29) is 0 Å². The highest BCUT2D eigenvalue weighted by molar-refractivity contribution is 6.16. The van der Waals surface area contributed by atoms with Gasteiger partial charge in [-0.3, -0.25) is 0 Å². The maximum Gasteiger partial charge on any atom is 0.197 e. The van der Waals surface area contributed by atoms with Crippen LogP contribution in [0.4, 0.5) is 0 Å². The molecular formula is C10H14ClNO. The molecule has 1 aliphatic carbocycles. The molecule has 0 atom stereocenters. The van der Waals surface area contributed by atoms with Crippen LogP contribution in [-0.2, 0) is 5.88 Å². The largest absolute Gasteiger partial charge is 0.444 e. The topological polar surface area (TPSA) is 26.0 Å². The highest BCUT2D eigenvalue weighted by atomic mass is 35.5. The molecule has 1 saturated carbocycles. The highest BCUT2D eigenvalue weighted by Crippen LogP contribution is 2.34. The van der Waals surface area contributed by atoms with Gasteiger partial charge in [-0.15, -0.1) is 11.6 Å². The first-order chi connectivity index (χ1) is 6.31. The SMILES string of the molecule is Cc1nc(C2CCCC2)oc1CCl. The van der Waals surface area contributed by atoms with Gasteiger partial charge in [-0.25, -0.2) is 4.98 Å². The third-order valence-electron chi connectivity index (χ3n) is 2.73. The second kappa shape index (κ2) is 3.70. The first-order valence-corrected chi connectivity index (χ1v) is 5.37. The molecule has 0 bridgehead atoms. The minimum atomic E-state index is 0.436. The summed E-state index contributed by atoms with van der Waals surface area (Å²) in [5.74, 6) is 2.73. The van der Waals surface area contributed by atoms with Gasteiger partial charge in [-0.1, -0.05) is 12.8 Å². The van der Waals surface area contributed by atoms with Crippen molar-refractivity contribution in [1.29, 1.82) is 0 Å². The Kier molecular flexibility index (Phi) is 2.58. The van der Waals surface area contributed by atoms with E-state index in [9.17, 15) is 0 Å². The third kappa shape index (κ3) is 1.73. The van der Waals surface area contributed by atoms with Gasteiger partial charge in [0.25, 0.3) is 0 Å². The Bertz CT molecular complexity index is 289. The molecule has 0 saturated heterocycles. The first kappa shape index (κ1) is 9.07. The van der Waals surface area contributed by atoms with Crippen LogP contribution in [0.5, 0.6) is 0 Å². The molecule has 0 aromatic carbocycles. The smallest absolute Gasteiger partial charge is 0.197 e. The molecule has 1 heterocycles. The molecule has 0 radical (unpaired) electrons. The van der Waals surface area contributed by atoms with Gasteiger partial charge in [0, 0.05) is 5.92 Å². The van der Waals surface area contributed by atoms with Crippen molar-refractivity contribution in [2.75, 3.05) is 0 Å². The molecule has 3 heteroatoms. The highest BCUT2D eigenvalue weighted by Gasteiger charge is 2.22. The Labute approximate surface area is 83.3 Å². The molecule has 0 unspecified atom stereocenters. The van der Waals surface area contributed by atoms with E-state index in [2.05, 4.69) is 4.98 Å². The van der Waals surface area contributed by atoms with Crippen LogP contribution in [0, 0.1) is 6.92 Å². The minimum Gasteiger partial charge on any atom is -0.444 e. The summed E-state index contributed by atoms with van der Waals surface area (Å²) < 4.78 is 5.60. The molecule has 2 rings (SSSR count). The Morgan fingerprint density at radius 3 is 2.69 bits per heavy atom. The standard InChI is InChI=1S/C10H14ClNO/c1-7-9(6-11)13-10(12-7)8-4-2-3-5-8/h8H,2-6H2,1H3. The van der Waals surface area contributed by atoms with E-state index in [1.807, 2.05) is 6.92 Å². The van der Waals surface area contributed by atoms with E-state index < -0.39 is 0 Å². The lowest BCUT2D eigenvalue weighted by Crippen LogP contribution is -1.91. The number of nitrogens with zero attached hydrogens (tertiary/aromatic N) is 1. The lowest BCUT2D eigenvalue weighted by molar-refractivity contribution is 0.428. The summed E-state index contributed by atoms with van der Waals surface area (Å²) in [6, 6.07) is 0. The van der Waals surface area contributed by atoms with E-state index in [1.165, 1.54) is 25.7 Å². The van der Waals surface area contributed by atoms with Crippen LogP contribution in [0.3, 0.4) is 0 Å². The van der Waals surface area contributed by atoms with Crippen LogP contribution in [0.2, 0.25) is 0 Å². The van der Waals surface area contributed by atoms with Gasteiger partial charge in [0.1, 0.15) is 5.76 Å². The Balaban J connectivity index is 2.20. The summed E-state index contributed by atoms with van der Waals surface area (Å²) in [6.45, 7) is 1.96. The van der Waals surface area contributed by atoms with E-state index >= 15 is 0 Å². The van der Waals surface area contributed by atoms with Gasteiger partial charge in [0.15, 0.2) is 5.89 Å². The lowest BCUT2D eigenvalue weighted by Gasteiger charge is -2.01. The van der Waals surface area contributed by atoms with Gasteiger partial charge in [0.05, 0.1) is 11.6 Å². The van der Waals surface area contributed by atoms with Crippen LogP contribution >= 0.6 is 11.6 Å². The Morgan fingerprint density at radius 2 is 2.15 bits per heavy atom. The summed E-state index contributed by atoms with van der Waals surface area (Å²) >= 11 is 5.72. The Morgan fingerprint density at radius 1 is 1.46 bits per heavy atom. The van der Waals surface area contributed by atoms with E-state index in [4.69, 9.17) is 16.0 Å². The van der Waals surface area contributed by atoms with Gasteiger partial charge in [-0.05, 0) is 19.8 Å². The maximum absolute atomic E-state index is 5.72. The second-order valence-corrected chi connectivity index (χ2v) is 3.94. The van der Waals surface area contributed by atoms with Crippen LogP contribution in [-0.4, -0.2) is 4.98 Å². The average molecular weight is 200 g/mol. The predicted octanol–water partition coefficient (Wildman–Crippen LogP) is 3.38. The quantitative estimate of drug-likeness (QED) is 0.683. The summed E-state index contributed by atoms with van der Waals surface area (Å²) in [5, 5.41) is 0. The minimum absolute atomic E-state index is 0.436. The van der Waals surface area contributed by atoms with Crippen molar-refractivity contribution in [2.45, 2.75) is 44.4 Å². The zero-order valence-electron chi connectivity index (χ0n) is 7.85. The van der Waals surface area contributed by atoms with E-state index in [1.54, 1.807) is 0 Å². The maximum atomic E-state index is 5.72. The third-order valence-corrected chi connectivity index (χ3v) is 2.98. The molecule has 13 heavy (non-hydrogen) atoms. The van der Waals surface area contributed by atoms with Crippen LogP contribution < -0.4 is 0 Å². The molecule has 0 amide bonds. The van der Waals surface area contributed by atoms with Crippen molar-refractivity contribution < 1.29 is 4.42 Å². The molecular weight excluding hydrogens is 186 g/mol. The zero-order valence-corrected chi connectivity index (χ0v) is 8.60. The van der Waals surface area contributed by atoms with Crippen molar-refractivity contribution in [2.24, 2.45) is 0 Å². The van der Waals surface area contributed by atoms with Gasteiger partial charge < -0.3 is 4.42 Å². The molecule has 1 aliphatic rings. The van der Waals surface area contributed by atoms with Crippen molar-refractivity contribution in [3.8, 4) is 0 Å². The number of aromatic nitrogens is 1. The molecule has 1 fully saturated rings. The summed E-state index contributed by atoms with van der Waals surface area (Å²) in [7, 11) is 0. The fourth-order valence-corrected chi connectivity index (χ4v) is 2.17. The zero-order chi connectivity index (χ0) is 9.26. The normalized spacial score (nSPS) is 18.3. The number of rotatable bonds is 2. The van der Waals surface area contributed by atoms with Gasteiger partial charge >= 0.3 is 0 Å². The number of halogens is 1. The van der Waals surface area contributed by atoms with Crippen molar-refractivity contribution in [3.05, 3.63) is 17.3 Å². The number of hydrogen-bond donors (Lipinski definition) is 0. The van der Waals surface area contributed by atoms with Gasteiger partial charge in [0.2, 0.25) is 0 Å². The fraction of sp³-hybridized carbons (Fsp3) is 0.700. The van der Waals surface area contributed by atoms with Crippen LogP contribution in [0.1, 0.15) is 48.9 Å². The van der Waals surface area contributed by atoms with E-state index in [0.29, 0.717) is 11.8 Å². The molecule has 0 spiro atoms. The summed E-state index contributed by atoms with van der Waals surface area (Å²) in [4.78, 5) is 4.41. The van der Waals surface area contributed by atoms with Crippen molar-refractivity contribution in [3.63, 3.8) is 0 Å². The second-order valence-electron chi connectivity index (χ2n) is 3.68. The van der Waals surface area contributed by atoms with Crippen LogP contribution in [0.25, 0.3) is 0 Å². The predicted molar refractivity (Wildman–Crippen MR) is 52.0 cm³/mol. The molecule has 1 aromatic rings. The number of aryl methyl sites for hydroxylation is 1. The fourth-order valence-electron chi connectivity index (χ4n) is 1.92. The average Bonchev–Trinajstić information content (AvgIpc) is 2.71. The lowest BCUT2D eigenvalue weighted by atomic mass is 10.1. The first-order valence-electron chi connectivity index (χ1n) is 4.83. The number of oxazole rings is 1. The Hall–Kier alpha value is -0.500. The molecule has 0 aliphatic heterocycles. The monoisotopic (exact) mass is 199 g/mol. The summed E-state index contributed by atoms with van der Waals surface area (Å²) in [5.41, 5.74) is 0.955. The summed E-state index contributed by atoms with van der Waals surface area (Å²) in [6.07, 6.45) is 5.06.